The lowest BCUT2D eigenvalue weighted by Crippen LogP contribution is -2.70. The molecule has 15 heteroatoms. The van der Waals surface area contributed by atoms with Gasteiger partial charge < -0.3 is 38.1 Å². The zero-order valence-corrected chi connectivity index (χ0v) is 37.9. The van der Waals surface area contributed by atoms with Crippen LogP contribution in [0.3, 0.4) is 0 Å². The van der Waals surface area contributed by atoms with Crippen LogP contribution in [0.5, 0.6) is 17.2 Å². The second kappa shape index (κ2) is 16.0. The van der Waals surface area contributed by atoms with Gasteiger partial charge in [-0.25, -0.2) is 0 Å². The molecule has 4 aliphatic carbocycles. The van der Waals surface area contributed by atoms with Crippen LogP contribution in [-0.2, 0) is 35.2 Å². The molecule has 1 aromatic heterocycles. The lowest BCUT2D eigenvalue weighted by atomic mass is 9.38. The maximum absolute atomic E-state index is 14.3. The average molecular weight is 906 g/mol. The molecule has 1 spiro atoms. The highest BCUT2D eigenvalue weighted by Gasteiger charge is 2.89. The molecule has 13 nitrogen and oxygen atoms in total. The van der Waals surface area contributed by atoms with Crippen LogP contribution in [0.15, 0.2) is 89.0 Å². The number of hydrogen-bond acceptors (Lipinski definition) is 12. The van der Waals surface area contributed by atoms with E-state index in [0.717, 1.165) is 36.7 Å². The first-order chi connectivity index (χ1) is 29.4. The minimum Gasteiger partial charge on any atom is -0.504 e. The molecule has 4 heterocycles. The standard InChI is InChI=1S/C28H32O7.C20H21ClN2O4.ClH/c1-14(29)34-17-12-26(5)16(15-8-10-33-13-15)11-19-28(26,35-19)27(6)21(17)25(4)9-7-18(30)24(2,3)22(25)20(31)23(27)32;21-16-2-4-17(5-3-16)25-13-20(24)23-9-7-22(8-10-23)12-15-1-6-18-19(11-15)27-14-26-18;/h7-10,13,16-17,19,21,31H,11-12H2,1-6H3;1-6,11H,7-10,12-14H2;1H. The van der Waals surface area contributed by atoms with Gasteiger partial charge in [-0.3, -0.25) is 24.1 Å². The number of nitrogens with zero attached hydrogens (tertiary/aromatic N) is 2. The first-order valence-corrected chi connectivity index (χ1v) is 21.7. The maximum atomic E-state index is 14.3. The van der Waals surface area contributed by atoms with Crippen molar-refractivity contribution in [3.05, 3.63) is 101 Å². The number of hydrogen-bond donors (Lipinski definition) is 1. The molecule has 8 atom stereocenters. The summed E-state index contributed by atoms with van der Waals surface area (Å²) in [5, 5.41) is 12.2. The molecule has 7 aliphatic rings. The van der Waals surface area contributed by atoms with Gasteiger partial charge in [-0.05, 0) is 105 Å². The number of piperazine rings is 1. The van der Waals surface area contributed by atoms with Gasteiger partial charge in [0, 0.05) is 61.4 Å². The molecule has 1 amide bonds. The number of fused-ring (bicyclic) bond motifs is 4. The summed E-state index contributed by atoms with van der Waals surface area (Å²) in [6.07, 6.45) is 7.17. The summed E-state index contributed by atoms with van der Waals surface area (Å²) in [6, 6.07) is 15.0. The number of ketones is 2. The fourth-order valence-corrected chi connectivity index (χ4v) is 12.6. The Morgan fingerprint density at radius 2 is 1.67 bits per heavy atom. The maximum Gasteiger partial charge on any atom is 0.302 e. The zero-order valence-electron chi connectivity index (χ0n) is 36.3. The van der Waals surface area contributed by atoms with Crippen LogP contribution < -0.4 is 14.2 Å². The normalized spacial score (nSPS) is 33.2. The highest BCUT2D eigenvalue weighted by molar-refractivity contribution is 6.30. The Morgan fingerprint density at radius 1 is 0.952 bits per heavy atom. The molecule has 63 heavy (non-hydrogen) atoms. The predicted octanol–water partition coefficient (Wildman–Crippen LogP) is 7.65. The topological polar surface area (TPSA) is 158 Å². The number of esters is 1. The Bertz CT molecular complexity index is 2370. The van der Waals surface area contributed by atoms with Crippen molar-refractivity contribution >= 4 is 47.5 Å². The van der Waals surface area contributed by atoms with Crippen LogP contribution in [0, 0.1) is 27.6 Å². The van der Waals surface area contributed by atoms with Gasteiger partial charge in [0.2, 0.25) is 12.6 Å². The van der Waals surface area contributed by atoms with E-state index in [1.807, 2.05) is 36.9 Å². The number of Topliss-reactive ketones (excluding diaryl/α,β-unsaturated/α-hetero) is 1. The SMILES string of the molecule is CC(=O)OC1CC2(C)C(c3ccoc3)CC3OC32C2(C)C(=O)C(O)=C3C(C)(C)C(=O)C=CC3(C)C12.Cl.O=C(COc1ccc(Cl)cc1)N1CCN(Cc2ccc3c(c2)OCO3)CC1. The van der Waals surface area contributed by atoms with E-state index in [-0.39, 0.29) is 55.3 Å². The molecule has 2 saturated carbocycles. The van der Waals surface area contributed by atoms with E-state index in [9.17, 15) is 24.3 Å². The van der Waals surface area contributed by atoms with Crippen LogP contribution in [0.2, 0.25) is 5.02 Å². The van der Waals surface area contributed by atoms with Gasteiger partial charge in [0.1, 0.15) is 17.5 Å². The number of rotatable bonds is 7. The molecule has 2 aromatic carbocycles. The number of aliphatic hydroxyl groups is 1. The molecule has 2 saturated heterocycles. The second-order valence-corrected chi connectivity index (χ2v) is 19.3. The first-order valence-electron chi connectivity index (χ1n) is 21.3. The minimum atomic E-state index is -1.17. The third-order valence-electron chi connectivity index (χ3n) is 15.1. The lowest BCUT2D eigenvalue weighted by molar-refractivity contribution is -0.200. The summed E-state index contributed by atoms with van der Waals surface area (Å²) >= 11 is 5.85. The number of allylic oxidation sites excluding steroid dienone is 4. The number of carbonyl (C=O) groups excluding carboxylic acids is 4. The number of amides is 1. The molecule has 8 unspecified atom stereocenters. The summed E-state index contributed by atoms with van der Waals surface area (Å²) in [5.41, 5.74) is -1.87. The molecular formula is C48H54Cl2N2O11. The van der Waals surface area contributed by atoms with Gasteiger partial charge in [-0.15, -0.1) is 12.4 Å². The average Bonchev–Trinajstić information content (AvgIpc) is 3.53. The number of epoxide rings is 1. The van der Waals surface area contributed by atoms with E-state index >= 15 is 0 Å². The van der Waals surface area contributed by atoms with Gasteiger partial charge in [0.15, 0.2) is 29.6 Å². The summed E-state index contributed by atoms with van der Waals surface area (Å²) in [7, 11) is 0. The largest absolute Gasteiger partial charge is 0.504 e. The number of aliphatic hydroxyl groups excluding tert-OH is 1. The monoisotopic (exact) mass is 904 g/mol. The van der Waals surface area contributed by atoms with Crippen molar-refractivity contribution < 1.29 is 52.4 Å². The van der Waals surface area contributed by atoms with Gasteiger partial charge in [-0.1, -0.05) is 37.6 Å². The van der Waals surface area contributed by atoms with Crippen molar-refractivity contribution in [3.8, 4) is 17.2 Å². The Hall–Kier alpha value is -4.82. The van der Waals surface area contributed by atoms with E-state index in [1.54, 1.807) is 62.8 Å². The Morgan fingerprint density at radius 3 is 2.35 bits per heavy atom. The van der Waals surface area contributed by atoms with Crippen LogP contribution in [0.1, 0.15) is 71.4 Å². The van der Waals surface area contributed by atoms with Gasteiger partial charge >= 0.3 is 5.97 Å². The predicted molar refractivity (Wildman–Crippen MR) is 233 cm³/mol. The smallest absolute Gasteiger partial charge is 0.302 e. The number of furan rings is 1. The number of halogens is 2. The molecule has 336 valence electrons. The van der Waals surface area contributed by atoms with Crippen LogP contribution in [-0.4, -0.2) is 95.7 Å². The third kappa shape index (κ3) is 6.96. The van der Waals surface area contributed by atoms with Crippen LogP contribution in [0.4, 0.5) is 0 Å². The minimum absolute atomic E-state index is 0. The Labute approximate surface area is 378 Å². The summed E-state index contributed by atoms with van der Waals surface area (Å²) < 4.78 is 34.3. The van der Waals surface area contributed by atoms with E-state index in [1.165, 1.54) is 12.5 Å². The molecule has 0 radical (unpaired) electrons. The molecule has 10 rings (SSSR count). The zero-order chi connectivity index (χ0) is 44.0. The number of ether oxygens (including phenoxy) is 5. The molecule has 1 N–H and O–H groups in total. The summed E-state index contributed by atoms with van der Waals surface area (Å²) in [5.74, 6) is 0.426. The quantitative estimate of drug-likeness (QED) is 0.183. The third-order valence-corrected chi connectivity index (χ3v) is 15.4. The van der Waals surface area contributed by atoms with Crippen LogP contribution >= 0.6 is 24.0 Å². The van der Waals surface area contributed by atoms with Gasteiger partial charge in [0.25, 0.3) is 5.91 Å². The van der Waals surface area contributed by atoms with Crippen molar-refractivity contribution in [2.24, 2.45) is 27.6 Å². The van der Waals surface area contributed by atoms with E-state index in [0.29, 0.717) is 42.3 Å². The molecular weight excluding hydrogens is 851 g/mol. The number of benzene rings is 2. The van der Waals surface area contributed by atoms with Crippen LogP contribution in [0.25, 0.3) is 0 Å². The fraction of sp³-hybridized carbons (Fsp3) is 0.500. The van der Waals surface area contributed by atoms with Crippen molar-refractivity contribution in [1.29, 1.82) is 0 Å². The summed E-state index contributed by atoms with van der Waals surface area (Å²) in [6.45, 7) is 15.1. The molecule has 3 aromatic rings. The summed E-state index contributed by atoms with van der Waals surface area (Å²) in [4.78, 5) is 56.1. The fourth-order valence-electron chi connectivity index (χ4n) is 12.4. The van der Waals surface area contributed by atoms with Crippen molar-refractivity contribution in [2.45, 2.75) is 84.7 Å². The highest BCUT2D eigenvalue weighted by atomic mass is 35.5. The van der Waals surface area contributed by atoms with E-state index < -0.39 is 51.0 Å². The van der Waals surface area contributed by atoms with Gasteiger partial charge in [-0.2, -0.15) is 0 Å². The first kappa shape index (κ1) is 44.8. The van der Waals surface area contributed by atoms with Crippen molar-refractivity contribution in [2.75, 3.05) is 39.6 Å². The molecule has 3 aliphatic heterocycles. The van der Waals surface area contributed by atoms with Gasteiger partial charge in [0.05, 0.1) is 29.5 Å². The van der Waals surface area contributed by atoms with E-state index in [4.69, 9.17) is 39.7 Å². The van der Waals surface area contributed by atoms with Crippen molar-refractivity contribution in [1.82, 2.24) is 9.80 Å². The molecule has 4 fully saturated rings. The lowest BCUT2D eigenvalue weighted by Gasteiger charge is -2.64. The Balaban J connectivity index is 0.000000176. The highest BCUT2D eigenvalue weighted by Crippen LogP contribution is 2.81. The van der Waals surface area contributed by atoms with Crippen molar-refractivity contribution in [3.63, 3.8) is 0 Å². The molecule has 0 bridgehead atoms. The second-order valence-electron chi connectivity index (χ2n) is 18.9. The van der Waals surface area contributed by atoms with E-state index in [2.05, 4.69) is 17.9 Å². The Kier molecular flexibility index (Phi) is 11.4. The number of carbonyl (C=O) groups is 4.